The fourth-order valence-electron chi connectivity index (χ4n) is 2.64. The van der Waals surface area contributed by atoms with Crippen LogP contribution >= 0.6 is 0 Å². The molecule has 3 rings (SSSR count). The van der Waals surface area contributed by atoms with Crippen LogP contribution in [0, 0.1) is 5.92 Å². The minimum Gasteiger partial charge on any atom is -0.350 e. The maximum absolute atomic E-state index is 12.4. The number of hydrogen-bond acceptors (Lipinski definition) is 3. The van der Waals surface area contributed by atoms with Crippen molar-refractivity contribution in [2.24, 2.45) is 5.92 Å². The highest BCUT2D eigenvalue weighted by atomic mass is 16.2. The van der Waals surface area contributed by atoms with E-state index in [9.17, 15) is 4.79 Å². The number of carbonyl (C=O) groups is 1. The molecule has 0 aliphatic rings. The molecule has 0 saturated heterocycles. The lowest BCUT2D eigenvalue weighted by atomic mass is 10.0. The van der Waals surface area contributed by atoms with E-state index in [-0.39, 0.29) is 11.9 Å². The van der Waals surface area contributed by atoms with Crippen LogP contribution in [0.5, 0.6) is 0 Å². The van der Waals surface area contributed by atoms with Gasteiger partial charge in [-0.1, -0.05) is 32.0 Å². The highest BCUT2D eigenvalue weighted by Crippen LogP contribution is 2.15. The summed E-state index contributed by atoms with van der Waals surface area (Å²) in [6.45, 7) is 5.11. The second-order valence-corrected chi connectivity index (χ2v) is 6.04. The molecule has 1 N–H and O–H groups in total. The Balaban J connectivity index is 1.67. The Labute approximate surface area is 135 Å². The minimum absolute atomic E-state index is 0.00479. The predicted octanol–water partition coefficient (Wildman–Crippen LogP) is 2.07. The van der Waals surface area contributed by atoms with Crippen LogP contribution in [0.2, 0.25) is 0 Å². The van der Waals surface area contributed by atoms with Crippen LogP contribution in [0.25, 0.3) is 10.9 Å². The second-order valence-electron chi connectivity index (χ2n) is 6.04. The first-order valence-corrected chi connectivity index (χ1v) is 7.79. The lowest BCUT2D eigenvalue weighted by Gasteiger charge is -2.22. The molecule has 0 aliphatic carbocycles. The third kappa shape index (κ3) is 3.59. The van der Waals surface area contributed by atoms with Crippen molar-refractivity contribution in [3.63, 3.8) is 0 Å². The van der Waals surface area contributed by atoms with Gasteiger partial charge in [-0.3, -0.25) is 9.48 Å². The smallest absolute Gasteiger partial charge is 0.240 e. The van der Waals surface area contributed by atoms with Crippen molar-refractivity contribution >= 4 is 16.8 Å². The molecule has 0 aliphatic heterocycles. The van der Waals surface area contributed by atoms with Crippen molar-refractivity contribution in [1.29, 1.82) is 0 Å². The number of fused-ring (bicyclic) bond motifs is 1. The lowest BCUT2D eigenvalue weighted by Crippen LogP contribution is -2.43. The van der Waals surface area contributed by atoms with E-state index in [1.165, 1.54) is 6.33 Å². The van der Waals surface area contributed by atoms with Crippen LogP contribution in [0.3, 0.4) is 0 Å². The van der Waals surface area contributed by atoms with E-state index >= 15 is 0 Å². The number of aromatic nitrogens is 4. The van der Waals surface area contributed by atoms with Crippen molar-refractivity contribution in [3.8, 4) is 0 Å². The maximum atomic E-state index is 12.4. The van der Waals surface area contributed by atoms with E-state index in [0.29, 0.717) is 19.0 Å². The molecule has 1 amide bonds. The van der Waals surface area contributed by atoms with Gasteiger partial charge in [0.25, 0.3) is 0 Å². The van der Waals surface area contributed by atoms with Gasteiger partial charge in [-0.25, -0.2) is 4.98 Å². The summed E-state index contributed by atoms with van der Waals surface area (Å²) in [5, 5.41) is 8.36. The monoisotopic (exact) mass is 311 g/mol. The van der Waals surface area contributed by atoms with Crippen LogP contribution in [0.4, 0.5) is 0 Å². The van der Waals surface area contributed by atoms with Gasteiger partial charge in [0.2, 0.25) is 5.91 Å². The van der Waals surface area contributed by atoms with E-state index < -0.39 is 0 Å². The number of carbonyl (C=O) groups excluding carboxylic acids is 1. The van der Waals surface area contributed by atoms with Crippen LogP contribution in [0.15, 0.2) is 49.2 Å². The van der Waals surface area contributed by atoms with Gasteiger partial charge in [0.05, 0.1) is 12.6 Å². The summed E-state index contributed by atoms with van der Waals surface area (Å²) in [7, 11) is 0. The van der Waals surface area contributed by atoms with Gasteiger partial charge < -0.3 is 9.88 Å². The molecule has 2 heterocycles. The molecule has 1 atom stereocenters. The van der Waals surface area contributed by atoms with Crippen molar-refractivity contribution in [1.82, 2.24) is 24.6 Å². The third-order valence-electron chi connectivity index (χ3n) is 4.00. The Morgan fingerprint density at radius 2 is 2.09 bits per heavy atom. The van der Waals surface area contributed by atoms with Gasteiger partial charge in [0, 0.05) is 11.7 Å². The molecule has 2 aromatic heterocycles. The zero-order chi connectivity index (χ0) is 16.2. The number of nitrogens with one attached hydrogen (secondary N) is 1. The first-order chi connectivity index (χ1) is 11.1. The Hall–Kier alpha value is -2.63. The molecule has 23 heavy (non-hydrogen) atoms. The summed E-state index contributed by atoms with van der Waals surface area (Å²) in [4.78, 5) is 16.4. The zero-order valence-corrected chi connectivity index (χ0v) is 13.4. The largest absolute Gasteiger partial charge is 0.350 e. The summed E-state index contributed by atoms with van der Waals surface area (Å²) in [5.41, 5.74) is 1.07. The SMILES string of the molecule is CC(C)[C@H](Cn1cncn1)NC(=O)Cn1ccc2ccccc21. The van der Waals surface area contributed by atoms with Crippen LogP contribution in [-0.4, -0.2) is 31.3 Å². The average molecular weight is 311 g/mol. The highest BCUT2D eigenvalue weighted by molar-refractivity contribution is 5.83. The summed E-state index contributed by atoms with van der Waals surface area (Å²) in [6.07, 6.45) is 5.12. The van der Waals surface area contributed by atoms with E-state index in [1.807, 2.05) is 41.1 Å². The molecular formula is C17H21N5O. The van der Waals surface area contributed by atoms with E-state index in [2.05, 4.69) is 29.2 Å². The first-order valence-electron chi connectivity index (χ1n) is 7.79. The van der Waals surface area contributed by atoms with Crippen LogP contribution in [-0.2, 0) is 17.9 Å². The van der Waals surface area contributed by atoms with Gasteiger partial charge in [0.1, 0.15) is 19.2 Å². The van der Waals surface area contributed by atoms with Crippen LogP contribution in [0.1, 0.15) is 13.8 Å². The average Bonchev–Trinajstić information content (AvgIpc) is 3.17. The van der Waals surface area contributed by atoms with Crippen molar-refractivity contribution in [3.05, 3.63) is 49.2 Å². The Bertz CT molecular complexity index is 775. The molecule has 0 spiro atoms. The van der Waals surface area contributed by atoms with Crippen molar-refractivity contribution in [2.75, 3.05) is 0 Å². The molecule has 0 radical (unpaired) electrons. The predicted molar refractivity (Wildman–Crippen MR) is 88.7 cm³/mol. The number of hydrogen-bond donors (Lipinski definition) is 1. The molecule has 1 aromatic carbocycles. The van der Waals surface area contributed by atoms with Gasteiger partial charge in [-0.05, 0) is 23.4 Å². The van der Waals surface area contributed by atoms with Crippen LogP contribution < -0.4 is 5.32 Å². The highest BCUT2D eigenvalue weighted by Gasteiger charge is 2.17. The number of benzene rings is 1. The normalized spacial score (nSPS) is 12.7. The maximum Gasteiger partial charge on any atom is 0.240 e. The van der Waals surface area contributed by atoms with Crippen molar-refractivity contribution < 1.29 is 4.79 Å². The van der Waals surface area contributed by atoms with Gasteiger partial charge in [-0.2, -0.15) is 5.10 Å². The minimum atomic E-state index is 0.00479. The summed E-state index contributed by atoms with van der Waals surface area (Å²) in [6, 6.07) is 10.1. The molecule has 0 saturated carbocycles. The summed E-state index contributed by atoms with van der Waals surface area (Å²) < 4.78 is 3.72. The fourth-order valence-corrected chi connectivity index (χ4v) is 2.64. The lowest BCUT2D eigenvalue weighted by molar-refractivity contribution is -0.122. The number of nitrogens with zero attached hydrogens (tertiary/aromatic N) is 4. The number of rotatable bonds is 6. The van der Waals surface area contributed by atoms with Gasteiger partial charge >= 0.3 is 0 Å². The molecular weight excluding hydrogens is 290 g/mol. The van der Waals surface area contributed by atoms with Crippen molar-refractivity contribution in [2.45, 2.75) is 33.0 Å². The zero-order valence-electron chi connectivity index (χ0n) is 13.4. The number of para-hydroxylation sites is 1. The van der Waals surface area contributed by atoms with Gasteiger partial charge in [-0.15, -0.1) is 0 Å². The standard InChI is InChI=1S/C17H21N5O/c1-13(2)15(9-22-12-18-11-19-22)20-17(23)10-21-8-7-14-5-3-4-6-16(14)21/h3-8,11-13,15H,9-10H2,1-2H3,(H,20,23)/t15-/m0/s1. The molecule has 6 nitrogen and oxygen atoms in total. The topological polar surface area (TPSA) is 64.7 Å². The Morgan fingerprint density at radius 1 is 1.26 bits per heavy atom. The molecule has 0 bridgehead atoms. The quantitative estimate of drug-likeness (QED) is 0.758. The second kappa shape index (κ2) is 6.64. The van der Waals surface area contributed by atoms with E-state index in [1.54, 1.807) is 11.0 Å². The molecule has 120 valence electrons. The summed E-state index contributed by atoms with van der Waals surface area (Å²) >= 11 is 0. The molecule has 3 aromatic rings. The third-order valence-corrected chi connectivity index (χ3v) is 4.00. The summed E-state index contributed by atoms with van der Waals surface area (Å²) in [5.74, 6) is 0.315. The van der Waals surface area contributed by atoms with E-state index in [4.69, 9.17) is 0 Å². The molecule has 0 fully saturated rings. The Kier molecular flexibility index (Phi) is 4.41. The Morgan fingerprint density at radius 3 is 2.83 bits per heavy atom. The number of amides is 1. The molecule has 6 heteroatoms. The van der Waals surface area contributed by atoms with Gasteiger partial charge in [0.15, 0.2) is 0 Å². The fraction of sp³-hybridized carbons (Fsp3) is 0.353. The molecule has 0 unspecified atom stereocenters. The first kappa shape index (κ1) is 15.3. The van der Waals surface area contributed by atoms with E-state index in [0.717, 1.165) is 10.9 Å².